The zero-order valence-corrected chi connectivity index (χ0v) is 19.9. The molecule has 0 atom stereocenters. The average molecular weight is 436 g/mol. The molecule has 32 heavy (non-hydrogen) atoms. The molecular formula is C29H41NO2. The molecule has 1 aromatic carbocycles. The summed E-state index contributed by atoms with van der Waals surface area (Å²) in [6.07, 6.45) is 19.2. The van der Waals surface area contributed by atoms with Gasteiger partial charge in [-0.25, -0.2) is 0 Å². The van der Waals surface area contributed by atoms with Gasteiger partial charge in [0.15, 0.2) is 0 Å². The zero-order chi connectivity index (χ0) is 22.6. The molecule has 0 unspecified atom stereocenters. The normalized spacial score (nSPS) is 26.0. The summed E-state index contributed by atoms with van der Waals surface area (Å²) in [5, 5.41) is 8.56. The minimum atomic E-state index is 0.0488. The van der Waals surface area contributed by atoms with Gasteiger partial charge >= 0.3 is 5.97 Å². The molecule has 0 amide bonds. The van der Waals surface area contributed by atoms with Gasteiger partial charge in [0.2, 0.25) is 0 Å². The van der Waals surface area contributed by atoms with Crippen LogP contribution in [0.15, 0.2) is 36.4 Å². The minimum absolute atomic E-state index is 0.0488. The summed E-state index contributed by atoms with van der Waals surface area (Å²) in [5.41, 5.74) is 2.91. The van der Waals surface area contributed by atoms with E-state index in [-0.39, 0.29) is 18.0 Å². The quantitative estimate of drug-likeness (QED) is 0.215. The molecule has 3 nitrogen and oxygen atoms in total. The Morgan fingerprint density at radius 1 is 1.03 bits per heavy atom. The number of hydrogen-bond donors (Lipinski definition) is 0. The van der Waals surface area contributed by atoms with E-state index in [1.807, 2.05) is 12.1 Å². The highest BCUT2D eigenvalue weighted by Crippen LogP contribution is 2.36. The first-order valence-electron chi connectivity index (χ1n) is 13.0. The highest BCUT2D eigenvalue weighted by Gasteiger charge is 2.30. The fourth-order valence-electron chi connectivity index (χ4n) is 5.46. The average Bonchev–Trinajstić information content (AvgIpc) is 2.83. The van der Waals surface area contributed by atoms with E-state index in [4.69, 9.17) is 10.00 Å². The SMILES string of the molecule is CCCCCc1ccc([C@H]2CC[C@H](OC(=O)[C@H]3CC[C@H](CCC=CC#N)CC3)CC2)cc1. The van der Waals surface area contributed by atoms with Gasteiger partial charge in [-0.05, 0) is 100 Å². The molecule has 2 saturated carbocycles. The summed E-state index contributed by atoms with van der Waals surface area (Å²) in [4.78, 5) is 12.7. The van der Waals surface area contributed by atoms with E-state index < -0.39 is 0 Å². The summed E-state index contributed by atoms with van der Waals surface area (Å²) < 4.78 is 5.95. The van der Waals surface area contributed by atoms with Gasteiger partial charge in [-0.15, -0.1) is 0 Å². The first kappa shape index (κ1) is 24.6. The Balaban J connectivity index is 1.35. The Morgan fingerprint density at radius 2 is 1.75 bits per heavy atom. The number of nitriles is 1. The number of carbonyl (C=O) groups is 1. The third-order valence-electron chi connectivity index (χ3n) is 7.59. The van der Waals surface area contributed by atoms with Gasteiger partial charge < -0.3 is 4.74 Å². The Hall–Kier alpha value is -2.08. The van der Waals surface area contributed by atoms with Crippen LogP contribution in [0.5, 0.6) is 0 Å². The first-order chi connectivity index (χ1) is 15.7. The predicted molar refractivity (Wildman–Crippen MR) is 130 cm³/mol. The van der Waals surface area contributed by atoms with E-state index in [0.29, 0.717) is 11.8 Å². The first-order valence-corrected chi connectivity index (χ1v) is 13.0. The topological polar surface area (TPSA) is 50.1 Å². The molecule has 2 fully saturated rings. The van der Waals surface area contributed by atoms with Crippen molar-refractivity contribution in [2.45, 2.75) is 109 Å². The van der Waals surface area contributed by atoms with Crippen molar-refractivity contribution in [3.8, 4) is 6.07 Å². The number of ether oxygens (including phenoxy) is 1. The molecule has 0 bridgehead atoms. The maximum Gasteiger partial charge on any atom is 0.309 e. The number of esters is 1. The van der Waals surface area contributed by atoms with Crippen LogP contribution in [0.25, 0.3) is 0 Å². The number of rotatable bonds is 10. The summed E-state index contributed by atoms with van der Waals surface area (Å²) in [5.74, 6) is 1.45. The van der Waals surface area contributed by atoms with E-state index in [1.165, 1.54) is 36.8 Å². The molecule has 3 rings (SSSR count). The fourth-order valence-corrected chi connectivity index (χ4v) is 5.46. The summed E-state index contributed by atoms with van der Waals surface area (Å²) in [6, 6.07) is 11.3. The van der Waals surface area contributed by atoms with Crippen LogP contribution < -0.4 is 0 Å². The Labute approximate surface area is 195 Å². The van der Waals surface area contributed by atoms with Crippen LogP contribution in [0.4, 0.5) is 0 Å². The molecular weight excluding hydrogens is 394 g/mol. The molecule has 2 aliphatic carbocycles. The lowest BCUT2D eigenvalue weighted by atomic mass is 9.79. The number of hydrogen-bond acceptors (Lipinski definition) is 3. The zero-order valence-electron chi connectivity index (χ0n) is 19.9. The Kier molecular flexibility index (Phi) is 10.3. The smallest absolute Gasteiger partial charge is 0.309 e. The van der Waals surface area contributed by atoms with E-state index >= 15 is 0 Å². The molecule has 1 aromatic rings. The van der Waals surface area contributed by atoms with Gasteiger partial charge in [0, 0.05) is 6.08 Å². The standard InChI is InChI=1S/C29H41NO2/c1-2-3-5-8-23-10-14-25(15-11-23)26-18-20-28(21-19-26)32-29(31)27-16-12-24(13-17-27)9-6-4-7-22-30/h4,7,10-11,14-15,24,26-28H,2-3,5-6,8-9,12-13,16-21H2,1H3/t24-,26-,27-,28-. The summed E-state index contributed by atoms with van der Waals surface area (Å²) in [7, 11) is 0. The van der Waals surface area contributed by atoms with Gasteiger partial charge in [0.05, 0.1) is 12.0 Å². The van der Waals surface area contributed by atoms with Crippen LogP contribution in [-0.4, -0.2) is 12.1 Å². The second kappa shape index (κ2) is 13.5. The van der Waals surface area contributed by atoms with Gasteiger partial charge in [0.1, 0.15) is 6.10 Å². The molecule has 3 heteroatoms. The van der Waals surface area contributed by atoms with Crippen LogP contribution in [0.3, 0.4) is 0 Å². The fraction of sp³-hybridized carbons (Fsp3) is 0.655. The van der Waals surface area contributed by atoms with Gasteiger partial charge in [0.25, 0.3) is 0 Å². The van der Waals surface area contributed by atoms with Crippen LogP contribution in [0, 0.1) is 23.2 Å². The monoisotopic (exact) mass is 435 g/mol. The number of nitrogens with zero attached hydrogens (tertiary/aromatic N) is 1. The lowest BCUT2D eigenvalue weighted by Gasteiger charge is -2.31. The minimum Gasteiger partial charge on any atom is -0.462 e. The van der Waals surface area contributed by atoms with Crippen molar-refractivity contribution in [3.63, 3.8) is 0 Å². The van der Waals surface area contributed by atoms with Crippen LogP contribution >= 0.6 is 0 Å². The second-order valence-corrected chi connectivity index (χ2v) is 9.94. The number of allylic oxidation sites excluding steroid dienone is 2. The lowest BCUT2D eigenvalue weighted by molar-refractivity contribution is -0.157. The number of benzene rings is 1. The van der Waals surface area contributed by atoms with Crippen molar-refractivity contribution in [3.05, 3.63) is 47.5 Å². The van der Waals surface area contributed by atoms with Gasteiger partial charge in [-0.1, -0.05) is 50.1 Å². The number of unbranched alkanes of at least 4 members (excludes halogenated alkanes) is 2. The molecule has 0 spiro atoms. The highest BCUT2D eigenvalue weighted by atomic mass is 16.5. The van der Waals surface area contributed by atoms with E-state index in [2.05, 4.69) is 31.2 Å². The van der Waals surface area contributed by atoms with Crippen LogP contribution in [0.2, 0.25) is 0 Å². The van der Waals surface area contributed by atoms with Crippen LogP contribution in [-0.2, 0) is 16.0 Å². The van der Waals surface area contributed by atoms with Gasteiger partial charge in [-0.2, -0.15) is 5.26 Å². The van der Waals surface area contributed by atoms with Crippen molar-refractivity contribution < 1.29 is 9.53 Å². The molecule has 0 radical (unpaired) electrons. The van der Waals surface area contributed by atoms with Crippen molar-refractivity contribution in [1.82, 2.24) is 0 Å². The highest BCUT2D eigenvalue weighted by molar-refractivity contribution is 5.72. The molecule has 0 aliphatic heterocycles. The van der Waals surface area contributed by atoms with Crippen molar-refractivity contribution in [2.75, 3.05) is 0 Å². The van der Waals surface area contributed by atoms with E-state index in [0.717, 1.165) is 64.2 Å². The molecule has 0 N–H and O–H groups in total. The maximum absolute atomic E-state index is 12.7. The molecule has 2 aliphatic rings. The van der Waals surface area contributed by atoms with E-state index in [1.54, 1.807) is 6.08 Å². The number of aryl methyl sites for hydroxylation is 1. The Bertz CT molecular complexity index is 744. The maximum atomic E-state index is 12.7. The summed E-state index contributed by atoms with van der Waals surface area (Å²) >= 11 is 0. The molecule has 0 aromatic heterocycles. The van der Waals surface area contributed by atoms with E-state index in [9.17, 15) is 4.79 Å². The molecule has 0 saturated heterocycles. The third-order valence-corrected chi connectivity index (χ3v) is 7.59. The number of carbonyl (C=O) groups excluding carboxylic acids is 1. The second-order valence-electron chi connectivity index (χ2n) is 9.94. The molecule has 174 valence electrons. The van der Waals surface area contributed by atoms with Crippen molar-refractivity contribution in [2.24, 2.45) is 11.8 Å². The Morgan fingerprint density at radius 3 is 2.41 bits per heavy atom. The largest absolute Gasteiger partial charge is 0.462 e. The lowest BCUT2D eigenvalue weighted by Crippen LogP contribution is -2.29. The summed E-state index contributed by atoms with van der Waals surface area (Å²) in [6.45, 7) is 2.25. The van der Waals surface area contributed by atoms with Gasteiger partial charge in [-0.3, -0.25) is 4.79 Å². The van der Waals surface area contributed by atoms with Crippen molar-refractivity contribution in [1.29, 1.82) is 5.26 Å². The third kappa shape index (κ3) is 7.80. The molecule has 0 heterocycles. The van der Waals surface area contributed by atoms with Crippen molar-refractivity contribution >= 4 is 5.97 Å². The van der Waals surface area contributed by atoms with Crippen LogP contribution in [0.1, 0.15) is 107 Å². The predicted octanol–water partition coefficient (Wildman–Crippen LogP) is 7.66.